The number of nitrogens with two attached hydrogens (primary N) is 2. The van der Waals surface area contributed by atoms with E-state index >= 15 is 0 Å². The van der Waals surface area contributed by atoms with Crippen molar-refractivity contribution in [3.8, 4) is 0 Å². The third-order valence-electron chi connectivity index (χ3n) is 4.71. The fraction of sp³-hybridized carbons (Fsp3) is 0.778. The molecule has 30 heavy (non-hydrogen) atoms. The van der Waals surface area contributed by atoms with Crippen molar-refractivity contribution in [1.82, 2.24) is 16.0 Å². The van der Waals surface area contributed by atoms with Gasteiger partial charge in [-0.25, -0.2) is 4.79 Å². The number of carboxylic acid groups (broad SMARTS) is 1. The maximum Gasteiger partial charge on any atom is 0.328 e. The second-order valence-electron chi connectivity index (χ2n) is 7.09. The third-order valence-corrected chi connectivity index (χ3v) is 4.71. The first-order valence-electron chi connectivity index (χ1n) is 9.94. The van der Waals surface area contributed by atoms with Gasteiger partial charge in [-0.3, -0.25) is 14.4 Å². The van der Waals surface area contributed by atoms with Gasteiger partial charge >= 0.3 is 5.97 Å². The van der Waals surface area contributed by atoms with E-state index in [1.54, 1.807) is 6.92 Å². The predicted molar refractivity (Wildman–Crippen MR) is 108 cm³/mol. The molecular formula is C18H35N5O7. The molecule has 0 saturated carbocycles. The van der Waals surface area contributed by atoms with Crippen molar-refractivity contribution >= 4 is 23.7 Å². The number of carboxylic acids is 1. The summed E-state index contributed by atoms with van der Waals surface area (Å²) < 4.78 is 0. The zero-order chi connectivity index (χ0) is 23.3. The lowest BCUT2D eigenvalue weighted by Crippen LogP contribution is -2.59. The van der Waals surface area contributed by atoms with E-state index in [4.69, 9.17) is 21.7 Å². The van der Waals surface area contributed by atoms with Gasteiger partial charge in [0.2, 0.25) is 17.7 Å². The summed E-state index contributed by atoms with van der Waals surface area (Å²) in [5.74, 6) is -4.01. The molecule has 0 saturated heterocycles. The molecule has 0 bridgehead atoms. The molecule has 174 valence electrons. The average molecular weight is 434 g/mol. The Labute approximate surface area is 175 Å². The third kappa shape index (κ3) is 9.48. The largest absolute Gasteiger partial charge is 0.480 e. The lowest BCUT2D eigenvalue weighted by Gasteiger charge is -2.27. The van der Waals surface area contributed by atoms with Crippen molar-refractivity contribution in [3.05, 3.63) is 0 Å². The van der Waals surface area contributed by atoms with E-state index in [2.05, 4.69) is 10.6 Å². The smallest absolute Gasteiger partial charge is 0.328 e. The molecule has 0 spiro atoms. The molecule has 5 unspecified atom stereocenters. The molecular weight excluding hydrogens is 398 g/mol. The molecule has 12 heteroatoms. The monoisotopic (exact) mass is 433 g/mol. The van der Waals surface area contributed by atoms with E-state index in [9.17, 15) is 24.3 Å². The number of rotatable bonds is 15. The van der Waals surface area contributed by atoms with E-state index in [1.165, 1.54) is 0 Å². The van der Waals surface area contributed by atoms with Crippen LogP contribution in [0, 0.1) is 5.92 Å². The molecule has 0 heterocycles. The molecule has 5 atom stereocenters. The summed E-state index contributed by atoms with van der Waals surface area (Å²) in [6, 6.07) is -4.89. The van der Waals surface area contributed by atoms with Gasteiger partial charge in [-0.15, -0.1) is 0 Å². The van der Waals surface area contributed by atoms with E-state index in [1.807, 2.05) is 12.2 Å². The number of nitrogens with one attached hydrogen (secondary N) is 3. The molecule has 0 aliphatic heterocycles. The van der Waals surface area contributed by atoms with Crippen LogP contribution in [0.15, 0.2) is 0 Å². The summed E-state index contributed by atoms with van der Waals surface area (Å²) >= 11 is 0. The number of aliphatic hydroxyl groups is 2. The second kappa shape index (κ2) is 14.7. The summed E-state index contributed by atoms with van der Waals surface area (Å²) in [4.78, 5) is 48.1. The Morgan fingerprint density at radius 1 is 0.900 bits per heavy atom. The Kier molecular flexibility index (Phi) is 13.5. The summed E-state index contributed by atoms with van der Waals surface area (Å²) in [5.41, 5.74) is 11.3. The van der Waals surface area contributed by atoms with Gasteiger partial charge in [-0.1, -0.05) is 26.7 Å². The number of unbranched alkanes of at least 4 members (excludes halogenated alkanes) is 1. The van der Waals surface area contributed by atoms with E-state index in [0.29, 0.717) is 32.2 Å². The Balaban J connectivity index is 5.13. The number of carbonyl (C=O) groups excluding carboxylic acids is 3. The van der Waals surface area contributed by atoms with Crippen LogP contribution in [0.4, 0.5) is 0 Å². The van der Waals surface area contributed by atoms with E-state index in [0.717, 1.165) is 0 Å². The van der Waals surface area contributed by atoms with Crippen LogP contribution in [0.2, 0.25) is 0 Å². The fourth-order valence-electron chi connectivity index (χ4n) is 2.52. The van der Waals surface area contributed by atoms with E-state index < -0.39 is 61.1 Å². The number of aliphatic carboxylic acids is 1. The standard InChI is InChI=1S/C18H35N5O7/c1-3-10(2)14(23-15(26)11(20)6-4-5-7-19)17(28)21-12(8-24)16(27)22-13(9-25)18(29)30/h10-14,24-25H,3-9,19-20H2,1-2H3,(H,21,28)(H,22,27)(H,23,26)(H,29,30). The Morgan fingerprint density at radius 2 is 1.47 bits per heavy atom. The maximum absolute atomic E-state index is 12.7. The van der Waals surface area contributed by atoms with Crippen molar-refractivity contribution in [1.29, 1.82) is 0 Å². The minimum absolute atomic E-state index is 0.309. The Hall–Kier alpha value is -2.28. The highest BCUT2D eigenvalue weighted by molar-refractivity contribution is 5.94. The number of carbonyl (C=O) groups is 4. The van der Waals surface area contributed by atoms with Gasteiger partial charge in [0.25, 0.3) is 0 Å². The topological polar surface area (TPSA) is 217 Å². The molecule has 0 aromatic rings. The summed E-state index contributed by atoms with van der Waals surface area (Å²) in [5, 5.41) is 34.2. The normalized spacial score (nSPS) is 15.9. The van der Waals surface area contributed by atoms with Gasteiger partial charge in [0.1, 0.15) is 18.1 Å². The molecule has 10 N–H and O–H groups in total. The number of hydrogen-bond acceptors (Lipinski definition) is 8. The minimum atomic E-state index is -1.58. The summed E-state index contributed by atoms with van der Waals surface area (Å²) in [7, 11) is 0. The van der Waals surface area contributed by atoms with Gasteiger partial charge in [0.15, 0.2) is 0 Å². The number of amides is 3. The molecule has 0 aliphatic rings. The molecule has 0 fully saturated rings. The van der Waals surface area contributed by atoms with Crippen LogP contribution < -0.4 is 27.4 Å². The van der Waals surface area contributed by atoms with Gasteiger partial charge in [0, 0.05) is 0 Å². The number of aliphatic hydroxyl groups excluding tert-OH is 2. The highest BCUT2D eigenvalue weighted by atomic mass is 16.4. The van der Waals surface area contributed by atoms with Crippen molar-refractivity contribution in [2.45, 2.75) is 63.7 Å². The van der Waals surface area contributed by atoms with Crippen LogP contribution in [-0.2, 0) is 19.2 Å². The van der Waals surface area contributed by atoms with Crippen molar-refractivity contribution < 1.29 is 34.5 Å². The zero-order valence-corrected chi connectivity index (χ0v) is 17.5. The fourth-order valence-corrected chi connectivity index (χ4v) is 2.52. The van der Waals surface area contributed by atoms with Crippen LogP contribution in [0.5, 0.6) is 0 Å². The lowest BCUT2D eigenvalue weighted by molar-refractivity contribution is -0.143. The molecule has 12 nitrogen and oxygen atoms in total. The van der Waals surface area contributed by atoms with Gasteiger partial charge in [0.05, 0.1) is 19.3 Å². The molecule has 0 radical (unpaired) electrons. The minimum Gasteiger partial charge on any atom is -0.480 e. The van der Waals surface area contributed by atoms with Gasteiger partial charge in [-0.05, 0) is 25.3 Å². The van der Waals surface area contributed by atoms with Gasteiger partial charge in [-0.2, -0.15) is 0 Å². The molecule has 3 amide bonds. The van der Waals surface area contributed by atoms with Crippen molar-refractivity contribution in [2.75, 3.05) is 19.8 Å². The Morgan fingerprint density at radius 3 is 1.93 bits per heavy atom. The van der Waals surface area contributed by atoms with Crippen LogP contribution >= 0.6 is 0 Å². The predicted octanol–water partition coefficient (Wildman–Crippen LogP) is -2.99. The molecule has 0 aromatic heterocycles. The highest BCUT2D eigenvalue weighted by Gasteiger charge is 2.32. The lowest BCUT2D eigenvalue weighted by atomic mass is 9.97. The SMILES string of the molecule is CCC(C)C(NC(=O)C(N)CCCCN)C(=O)NC(CO)C(=O)NC(CO)C(=O)O. The summed E-state index contributed by atoms with van der Waals surface area (Å²) in [6.45, 7) is 2.35. The first-order valence-corrected chi connectivity index (χ1v) is 9.94. The zero-order valence-electron chi connectivity index (χ0n) is 17.5. The van der Waals surface area contributed by atoms with Gasteiger partial charge < -0.3 is 42.7 Å². The summed E-state index contributed by atoms with van der Waals surface area (Å²) in [6.07, 6.45) is 2.31. The highest BCUT2D eigenvalue weighted by Crippen LogP contribution is 2.09. The number of hydrogen-bond donors (Lipinski definition) is 8. The average Bonchev–Trinajstić information content (AvgIpc) is 2.72. The van der Waals surface area contributed by atoms with Crippen molar-refractivity contribution in [3.63, 3.8) is 0 Å². The molecule has 0 aromatic carbocycles. The van der Waals surface area contributed by atoms with Crippen LogP contribution in [-0.4, -0.2) is 82.9 Å². The first kappa shape index (κ1) is 27.7. The second-order valence-corrected chi connectivity index (χ2v) is 7.09. The van der Waals surface area contributed by atoms with Crippen molar-refractivity contribution in [2.24, 2.45) is 17.4 Å². The van der Waals surface area contributed by atoms with Crippen LogP contribution in [0.3, 0.4) is 0 Å². The first-order chi connectivity index (χ1) is 14.1. The Bertz CT molecular complexity index is 575. The van der Waals surface area contributed by atoms with Crippen LogP contribution in [0.1, 0.15) is 39.5 Å². The van der Waals surface area contributed by atoms with E-state index in [-0.39, 0.29) is 5.92 Å². The maximum atomic E-state index is 12.7. The van der Waals surface area contributed by atoms with Crippen LogP contribution in [0.25, 0.3) is 0 Å². The molecule has 0 aliphatic carbocycles. The quantitative estimate of drug-likeness (QED) is 0.123. The molecule has 0 rings (SSSR count).